The average molecular weight is 362 g/mol. The van der Waals surface area contributed by atoms with Crippen molar-refractivity contribution in [3.63, 3.8) is 0 Å². The van der Waals surface area contributed by atoms with Crippen LogP contribution in [-0.4, -0.2) is 20.3 Å². The highest BCUT2D eigenvalue weighted by Gasteiger charge is 2.11. The van der Waals surface area contributed by atoms with E-state index in [1.807, 2.05) is 13.0 Å². The smallest absolute Gasteiger partial charge is 0.355 e. The van der Waals surface area contributed by atoms with E-state index in [0.717, 1.165) is 10.0 Å². The van der Waals surface area contributed by atoms with E-state index < -0.39 is 5.97 Å². The van der Waals surface area contributed by atoms with E-state index in [0.29, 0.717) is 17.0 Å². The zero-order chi connectivity index (χ0) is 15.7. The minimum absolute atomic E-state index is 0.0604. The van der Waals surface area contributed by atoms with E-state index in [4.69, 9.17) is 4.74 Å². The summed E-state index contributed by atoms with van der Waals surface area (Å²) in [5.74, 6) is -0.503. The van der Waals surface area contributed by atoms with Crippen LogP contribution in [0, 0.1) is 6.92 Å². The zero-order valence-electron chi connectivity index (χ0n) is 11.7. The van der Waals surface area contributed by atoms with Gasteiger partial charge in [0.2, 0.25) is 0 Å². The molecular formula is C15H12BrN3O3. The minimum Gasteiger partial charge on any atom is -0.455 e. The van der Waals surface area contributed by atoms with Crippen molar-refractivity contribution in [1.29, 1.82) is 0 Å². The standard InChI is InChI=1S/C15H12BrN3O3/c1-9-2-3-19-13(4-9)18-11(6-14(19)20)8-22-15(21)12-5-10(16)7-17-12/h2-7,17H,8H2,1H3. The van der Waals surface area contributed by atoms with Crippen LogP contribution >= 0.6 is 15.9 Å². The number of H-pyrrole nitrogens is 1. The summed E-state index contributed by atoms with van der Waals surface area (Å²) < 4.78 is 7.37. The number of esters is 1. The van der Waals surface area contributed by atoms with Crippen LogP contribution in [0.5, 0.6) is 0 Å². The van der Waals surface area contributed by atoms with E-state index in [-0.39, 0.29) is 12.2 Å². The fourth-order valence-corrected chi connectivity index (χ4v) is 2.37. The maximum Gasteiger partial charge on any atom is 0.355 e. The minimum atomic E-state index is -0.503. The van der Waals surface area contributed by atoms with Gasteiger partial charge in [-0.25, -0.2) is 9.78 Å². The Morgan fingerprint density at radius 3 is 2.95 bits per heavy atom. The SMILES string of the molecule is Cc1ccn2c(=O)cc(COC(=O)c3cc(Br)c[nH]3)nc2c1. The van der Waals surface area contributed by atoms with Gasteiger partial charge in [0.25, 0.3) is 5.56 Å². The number of aryl methyl sites for hydroxylation is 1. The first-order chi connectivity index (χ1) is 10.5. The van der Waals surface area contributed by atoms with E-state index in [1.54, 1.807) is 24.5 Å². The van der Waals surface area contributed by atoms with Crippen LogP contribution in [0.15, 0.2) is 45.9 Å². The number of aromatic nitrogens is 3. The van der Waals surface area contributed by atoms with Crippen LogP contribution < -0.4 is 5.56 Å². The Bertz CT molecular complexity index is 914. The molecule has 0 aliphatic carbocycles. The van der Waals surface area contributed by atoms with Gasteiger partial charge < -0.3 is 9.72 Å². The summed E-state index contributed by atoms with van der Waals surface area (Å²) in [6.45, 7) is 1.86. The molecule has 7 heteroatoms. The summed E-state index contributed by atoms with van der Waals surface area (Å²) in [7, 11) is 0. The number of pyridine rings is 1. The molecule has 112 valence electrons. The number of hydrogen-bond acceptors (Lipinski definition) is 4. The summed E-state index contributed by atoms with van der Waals surface area (Å²) in [6.07, 6.45) is 3.31. The lowest BCUT2D eigenvalue weighted by Gasteiger charge is -2.05. The molecule has 0 aromatic carbocycles. The molecular weight excluding hydrogens is 350 g/mol. The lowest BCUT2D eigenvalue weighted by Crippen LogP contribution is -2.16. The van der Waals surface area contributed by atoms with Crippen molar-refractivity contribution in [2.24, 2.45) is 0 Å². The first-order valence-electron chi connectivity index (χ1n) is 6.53. The molecule has 0 saturated heterocycles. The van der Waals surface area contributed by atoms with Gasteiger partial charge in [0.05, 0.1) is 5.69 Å². The maximum atomic E-state index is 12.0. The lowest BCUT2D eigenvalue weighted by atomic mass is 10.3. The summed E-state index contributed by atoms with van der Waals surface area (Å²) >= 11 is 3.24. The first kappa shape index (κ1) is 14.5. The number of halogens is 1. The molecule has 3 aromatic heterocycles. The predicted octanol–water partition coefficient (Wildman–Crippen LogP) is 2.45. The van der Waals surface area contributed by atoms with Crippen molar-refractivity contribution in [1.82, 2.24) is 14.4 Å². The maximum absolute atomic E-state index is 12.0. The van der Waals surface area contributed by atoms with Gasteiger partial charge in [-0.3, -0.25) is 9.20 Å². The summed E-state index contributed by atoms with van der Waals surface area (Å²) in [5, 5.41) is 0. The molecule has 3 aromatic rings. The molecule has 0 spiro atoms. The van der Waals surface area contributed by atoms with E-state index in [1.165, 1.54) is 10.5 Å². The number of carbonyl (C=O) groups is 1. The van der Waals surface area contributed by atoms with Crippen LogP contribution in [-0.2, 0) is 11.3 Å². The van der Waals surface area contributed by atoms with Gasteiger partial charge in [0.15, 0.2) is 0 Å². The molecule has 6 nitrogen and oxygen atoms in total. The van der Waals surface area contributed by atoms with Crippen LogP contribution in [0.1, 0.15) is 21.7 Å². The molecule has 3 rings (SSSR count). The number of carbonyl (C=O) groups excluding carboxylic acids is 1. The van der Waals surface area contributed by atoms with Crippen molar-refractivity contribution in [2.45, 2.75) is 13.5 Å². The molecule has 1 N–H and O–H groups in total. The van der Waals surface area contributed by atoms with Gasteiger partial charge >= 0.3 is 5.97 Å². The van der Waals surface area contributed by atoms with Crippen LogP contribution in [0.2, 0.25) is 0 Å². The van der Waals surface area contributed by atoms with Gasteiger partial charge in [-0.15, -0.1) is 0 Å². The second-order valence-electron chi connectivity index (χ2n) is 4.83. The molecule has 0 amide bonds. The largest absolute Gasteiger partial charge is 0.455 e. The number of fused-ring (bicyclic) bond motifs is 1. The Hall–Kier alpha value is -2.41. The van der Waals surface area contributed by atoms with Gasteiger partial charge in [-0.1, -0.05) is 0 Å². The summed E-state index contributed by atoms with van der Waals surface area (Å²) in [4.78, 5) is 31.0. The fourth-order valence-electron chi connectivity index (χ4n) is 2.03. The third-order valence-corrected chi connectivity index (χ3v) is 3.55. The number of ether oxygens (including phenoxy) is 1. The van der Waals surface area contributed by atoms with Gasteiger partial charge in [0, 0.05) is 22.9 Å². The van der Waals surface area contributed by atoms with Gasteiger partial charge in [-0.2, -0.15) is 0 Å². The number of rotatable bonds is 3. The number of aromatic amines is 1. The van der Waals surface area contributed by atoms with E-state index in [2.05, 4.69) is 25.9 Å². The molecule has 0 saturated carbocycles. The highest BCUT2D eigenvalue weighted by Crippen LogP contribution is 2.12. The zero-order valence-corrected chi connectivity index (χ0v) is 13.3. The van der Waals surface area contributed by atoms with Gasteiger partial charge in [0.1, 0.15) is 17.9 Å². The number of nitrogens with one attached hydrogen (secondary N) is 1. The monoisotopic (exact) mass is 361 g/mol. The third kappa shape index (κ3) is 2.94. The van der Waals surface area contributed by atoms with Crippen LogP contribution in [0.3, 0.4) is 0 Å². The van der Waals surface area contributed by atoms with E-state index in [9.17, 15) is 9.59 Å². The summed E-state index contributed by atoms with van der Waals surface area (Å²) in [6, 6.07) is 6.61. The van der Waals surface area contributed by atoms with Gasteiger partial charge in [-0.05, 0) is 46.6 Å². The quantitative estimate of drug-likeness (QED) is 0.727. The summed E-state index contributed by atoms with van der Waals surface area (Å²) in [5.41, 5.74) is 2.06. The van der Waals surface area contributed by atoms with Crippen molar-refractivity contribution >= 4 is 27.5 Å². The molecule has 22 heavy (non-hydrogen) atoms. The average Bonchev–Trinajstić information content (AvgIpc) is 2.91. The van der Waals surface area contributed by atoms with Crippen molar-refractivity contribution in [3.8, 4) is 0 Å². The second kappa shape index (κ2) is 5.76. The Morgan fingerprint density at radius 2 is 2.23 bits per heavy atom. The second-order valence-corrected chi connectivity index (χ2v) is 5.74. The Morgan fingerprint density at radius 1 is 1.41 bits per heavy atom. The van der Waals surface area contributed by atoms with E-state index >= 15 is 0 Å². The first-order valence-corrected chi connectivity index (χ1v) is 7.32. The van der Waals surface area contributed by atoms with Crippen LogP contribution in [0.4, 0.5) is 0 Å². The number of nitrogens with zero attached hydrogens (tertiary/aromatic N) is 2. The molecule has 0 bridgehead atoms. The van der Waals surface area contributed by atoms with Crippen LogP contribution in [0.25, 0.3) is 5.65 Å². The predicted molar refractivity (Wildman–Crippen MR) is 83.8 cm³/mol. The Kier molecular flexibility index (Phi) is 3.81. The molecule has 0 aliphatic heterocycles. The van der Waals surface area contributed by atoms with Crippen molar-refractivity contribution in [2.75, 3.05) is 0 Å². The topological polar surface area (TPSA) is 76.5 Å². The fraction of sp³-hybridized carbons (Fsp3) is 0.133. The normalized spacial score (nSPS) is 10.8. The van der Waals surface area contributed by atoms with Crippen molar-refractivity contribution in [3.05, 3.63) is 68.4 Å². The molecule has 3 heterocycles. The Balaban J connectivity index is 1.82. The highest BCUT2D eigenvalue weighted by atomic mass is 79.9. The lowest BCUT2D eigenvalue weighted by molar-refractivity contribution is 0.0461. The molecule has 0 radical (unpaired) electrons. The molecule has 0 fully saturated rings. The Labute approximate surface area is 133 Å². The highest BCUT2D eigenvalue weighted by molar-refractivity contribution is 9.10. The molecule has 0 unspecified atom stereocenters. The molecule has 0 atom stereocenters. The number of hydrogen-bond donors (Lipinski definition) is 1. The third-order valence-electron chi connectivity index (χ3n) is 3.09. The molecule has 0 aliphatic rings. The van der Waals surface area contributed by atoms with Crippen molar-refractivity contribution < 1.29 is 9.53 Å².